The molecule has 0 aliphatic rings. The Morgan fingerprint density at radius 2 is 2.07 bits per heavy atom. The Hall–Kier alpha value is -1.76. The van der Waals surface area contributed by atoms with Crippen LogP contribution in [0.5, 0.6) is 0 Å². The minimum Gasteiger partial charge on any atom is -0.758 e. The lowest BCUT2D eigenvalue weighted by atomic mass is 10.4. The minimum atomic E-state index is -0.706. The quantitative estimate of drug-likeness (QED) is 0.565. The molecule has 0 spiro atoms. The summed E-state index contributed by atoms with van der Waals surface area (Å²) in [5, 5.41) is 14.1. The molecule has 14 heavy (non-hydrogen) atoms. The summed E-state index contributed by atoms with van der Waals surface area (Å²) in [4.78, 5) is 26.4. The van der Waals surface area contributed by atoms with Crippen LogP contribution in [0.3, 0.4) is 0 Å². The molecule has 3 N–H and O–H groups in total. The SMILES string of the molecule is CCNc1[nH]c(=O)[nH]c(=O)c1N(C)[O-]. The molecule has 0 amide bonds. The van der Waals surface area contributed by atoms with Gasteiger partial charge in [-0.3, -0.25) is 14.8 Å². The van der Waals surface area contributed by atoms with Gasteiger partial charge in [0, 0.05) is 6.54 Å². The van der Waals surface area contributed by atoms with Crippen molar-refractivity contribution < 1.29 is 0 Å². The van der Waals surface area contributed by atoms with Gasteiger partial charge in [-0.15, -0.1) is 0 Å². The van der Waals surface area contributed by atoms with Crippen molar-refractivity contribution in [2.75, 3.05) is 24.0 Å². The molecule has 0 unspecified atom stereocenters. The number of hydroxylamine groups is 1. The molecule has 1 heterocycles. The second-order valence-electron chi connectivity index (χ2n) is 2.66. The maximum atomic E-state index is 11.2. The van der Waals surface area contributed by atoms with E-state index in [1.54, 1.807) is 6.92 Å². The highest BCUT2D eigenvalue weighted by atomic mass is 16.5. The van der Waals surface area contributed by atoms with E-state index in [0.29, 0.717) is 11.6 Å². The van der Waals surface area contributed by atoms with Gasteiger partial charge in [-0.1, -0.05) is 0 Å². The van der Waals surface area contributed by atoms with Gasteiger partial charge in [0.2, 0.25) is 0 Å². The van der Waals surface area contributed by atoms with E-state index < -0.39 is 11.2 Å². The number of rotatable bonds is 3. The van der Waals surface area contributed by atoms with Crippen molar-refractivity contribution >= 4 is 11.5 Å². The smallest absolute Gasteiger partial charge is 0.327 e. The predicted molar refractivity (Wildman–Crippen MR) is 53.6 cm³/mol. The molecule has 0 aliphatic carbocycles. The Balaban J connectivity index is 3.36. The summed E-state index contributed by atoms with van der Waals surface area (Å²) in [5.41, 5.74) is -1.48. The number of H-pyrrole nitrogens is 2. The zero-order valence-corrected chi connectivity index (χ0v) is 7.88. The molecule has 7 heteroatoms. The van der Waals surface area contributed by atoms with Crippen LogP contribution in [0.2, 0.25) is 0 Å². The van der Waals surface area contributed by atoms with Gasteiger partial charge in [-0.2, -0.15) is 0 Å². The van der Waals surface area contributed by atoms with E-state index in [4.69, 9.17) is 0 Å². The van der Waals surface area contributed by atoms with Crippen molar-refractivity contribution in [2.24, 2.45) is 0 Å². The number of anilines is 2. The molecule has 0 aromatic carbocycles. The topological polar surface area (TPSA) is 104 Å². The van der Waals surface area contributed by atoms with E-state index in [-0.39, 0.29) is 11.5 Å². The molecule has 0 aliphatic heterocycles. The molecule has 1 rings (SSSR count). The second kappa shape index (κ2) is 3.97. The first-order valence-corrected chi connectivity index (χ1v) is 4.07. The summed E-state index contributed by atoms with van der Waals surface area (Å²) in [5.74, 6) is 0.138. The van der Waals surface area contributed by atoms with E-state index in [0.717, 1.165) is 0 Å². The van der Waals surface area contributed by atoms with E-state index in [9.17, 15) is 14.8 Å². The van der Waals surface area contributed by atoms with Crippen molar-refractivity contribution in [3.63, 3.8) is 0 Å². The van der Waals surface area contributed by atoms with Crippen LogP contribution in [0.25, 0.3) is 0 Å². The summed E-state index contributed by atoms with van der Waals surface area (Å²) in [6.07, 6.45) is 0. The average molecular weight is 199 g/mol. The Bertz CT molecular complexity index is 420. The van der Waals surface area contributed by atoms with Gasteiger partial charge < -0.3 is 15.6 Å². The maximum Gasteiger partial charge on any atom is 0.327 e. The highest BCUT2D eigenvalue weighted by Crippen LogP contribution is 2.13. The molecule has 7 nitrogen and oxygen atoms in total. The summed E-state index contributed by atoms with van der Waals surface area (Å²) in [7, 11) is 1.18. The van der Waals surface area contributed by atoms with Gasteiger partial charge in [0.15, 0.2) is 0 Å². The Morgan fingerprint density at radius 1 is 1.43 bits per heavy atom. The third-order valence-electron chi connectivity index (χ3n) is 1.59. The first-order chi connectivity index (χ1) is 6.56. The zero-order chi connectivity index (χ0) is 10.7. The van der Waals surface area contributed by atoms with Gasteiger partial charge >= 0.3 is 5.69 Å². The molecule has 1 aromatic heterocycles. The Morgan fingerprint density at radius 3 is 2.57 bits per heavy atom. The van der Waals surface area contributed by atoms with Gasteiger partial charge in [0.1, 0.15) is 11.5 Å². The lowest BCUT2D eigenvalue weighted by molar-refractivity contribution is 0.996. The number of nitrogens with zero attached hydrogens (tertiary/aromatic N) is 1. The lowest BCUT2D eigenvalue weighted by Gasteiger charge is -2.25. The van der Waals surface area contributed by atoms with E-state index >= 15 is 0 Å². The summed E-state index contributed by atoms with van der Waals surface area (Å²) in [6, 6.07) is 0. The van der Waals surface area contributed by atoms with Crippen molar-refractivity contribution in [3.8, 4) is 0 Å². The van der Waals surface area contributed by atoms with Crippen molar-refractivity contribution in [3.05, 3.63) is 26.0 Å². The molecule has 0 radical (unpaired) electrons. The van der Waals surface area contributed by atoms with Crippen molar-refractivity contribution in [2.45, 2.75) is 6.92 Å². The van der Waals surface area contributed by atoms with Crippen LogP contribution in [-0.4, -0.2) is 23.6 Å². The maximum absolute atomic E-state index is 11.2. The molecule has 78 valence electrons. The number of aromatic amines is 2. The fourth-order valence-electron chi connectivity index (χ4n) is 1.08. The monoisotopic (exact) mass is 199 g/mol. The molecule has 0 saturated carbocycles. The van der Waals surface area contributed by atoms with Crippen molar-refractivity contribution in [1.29, 1.82) is 0 Å². The number of hydrogen-bond acceptors (Lipinski definition) is 5. The van der Waals surface area contributed by atoms with Crippen LogP contribution in [-0.2, 0) is 0 Å². The summed E-state index contributed by atoms with van der Waals surface area (Å²) < 4.78 is 0. The molecular weight excluding hydrogens is 188 g/mol. The largest absolute Gasteiger partial charge is 0.758 e. The zero-order valence-electron chi connectivity index (χ0n) is 7.88. The van der Waals surface area contributed by atoms with Crippen LogP contribution in [0.15, 0.2) is 9.59 Å². The lowest BCUT2D eigenvalue weighted by Crippen LogP contribution is -2.29. The fourth-order valence-corrected chi connectivity index (χ4v) is 1.08. The first-order valence-electron chi connectivity index (χ1n) is 4.07. The van der Waals surface area contributed by atoms with E-state index in [1.807, 2.05) is 4.98 Å². The van der Waals surface area contributed by atoms with E-state index in [2.05, 4.69) is 10.3 Å². The standard InChI is InChI=1S/C7H11N4O3/c1-3-8-5-4(11(2)14)6(12)10-7(13)9-5/h3H2,1-2H3,(H3,8,9,10,12,13)/q-1. The van der Waals surface area contributed by atoms with Gasteiger partial charge in [-0.25, -0.2) is 4.79 Å². The molecular formula is C7H11N4O3-. The van der Waals surface area contributed by atoms with Gasteiger partial charge in [0.25, 0.3) is 5.56 Å². The average Bonchev–Trinajstić information content (AvgIpc) is 2.01. The highest BCUT2D eigenvalue weighted by Gasteiger charge is 2.07. The first kappa shape index (κ1) is 10.3. The molecule has 0 bridgehead atoms. The third kappa shape index (κ3) is 1.94. The normalized spacial score (nSPS) is 9.93. The van der Waals surface area contributed by atoms with Gasteiger partial charge in [-0.05, 0) is 14.0 Å². The van der Waals surface area contributed by atoms with Crippen molar-refractivity contribution in [1.82, 2.24) is 9.97 Å². The number of nitrogens with one attached hydrogen (secondary N) is 3. The molecule has 0 fully saturated rings. The fraction of sp³-hybridized carbons (Fsp3) is 0.429. The number of hydrogen-bond donors (Lipinski definition) is 3. The Labute approximate surface area is 79.3 Å². The van der Waals surface area contributed by atoms with Crippen LogP contribution < -0.4 is 21.6 Å². The molecule has 1 aromatic rings. The minimum absolute atomic E-state index is 0.133. The number of aromatic nitrogens is 2. The van der Waals surface area contributed by atoms with Crippen LogP contribution in [0, 0.1) is 5.21 Å². The van der Waals surface area contributed by atoms with Crippen LogP contribution in [0.1, 0.15) is 6.92 Å². The van der Waals surface area contributed by atoms with E-state index in [1.165, 1.54) is 7.05 Å². The van der Waals surface area contributed by atoms with Crippen LogP contribution in [0.4, 0.5) is 11.5 Å². The third-order valence-corrected chi connectivity index (χ3v) is 1.59. The second-order valence-corrected chi connectivity index (χ2v) is 2.66. The Kier molecular flexibility index (Phi) is 2.92. The van der Waals surface area contributed by atoms with Gasteiger partial charge in [0.05, 0.1) is 0 Å². The summed E-state index contributed by atoms with van der Waals surface area (Å²) >= 11 is 0. The summed E-state index contributed by atoms with van der Waals surface area (Å²) in [6.45, 7) is 2.29. The predicted octanol–water partition coefficient (Wildman–Crippen LogP) is -0.571. The van der Waals surface area contributed by atoms with Crippen LogP contribution >= 0.6 is 0 Å². The highest BCUT2D eigenvalue weighted by molar-refractivity contribution is 5.64. The molecule has 0 atom stereocenters. The molecule has 0 saturated heterocycles.